The van der Waals surface area contributed by atoms with E-state index >= 15 is 0 Å². The molecule has 0 amide bonds. The average molecular weight is 361 g/mol. The van der Waals surface area contributed by atoms with Crippen molar-refractivity contribution in [3.63, 3.8) is 0 Å². The molecule has 19 heavy (non-hydrogen) atoms. The maximum atomic E-state index is 9.53. The number of hydrogen-bond acceptors (Lipinski definition) is 2. The molecule has 5 heteroatoms. The Morgan fingerprint density at radius 1 is 1.11 bits per heavy atom. The minimum atomic E-state index is -0.259. The van der Waals surface area contributed by atoms with Crippen LogP contribution < -0.4 is 5.32 Å². The van der Waals surface area contributed by atoms with Gasteiger partial charge in [0.25, 0.3) is 0 Å². The molecular formula is C14H12BrCl2NO. The summed E-state index contributed by atoms with van der Waals surface area (Å²) in [5.41, 5.74) is 1.68. The van der Waals surface area contributed by atoms with Crippen LogP contribution in [0.5, 0.6) is 0 Å². The average Bonchev–Trinajstić information content (AvgIpc) is 2.41. The first-order chi connectivity index (χ1) is 9.11. The van der Waals surface area contributed by atoms with Gasteiger partial charge in [-0.15, -0.1) is 0 Å². The van der Waals surface area contributed by atoms with E-state index < -0.39 is 0 Å². The van der Waals surface area contributed by atoms with Crippen molar-refractivity contribution in [2.75, 3.05) is 11.9 Å². The number of benzene rings is 2. The van der Waals surface area contributed by atoms with Crippen molar-refractivity contribution in [3.8, 4) is 0 Å². The first-order valence-electron chi connectivity index (χ1n) is 5.68. The fraction of sp³-hybridized carbons (Fsp3) is 0.143. The Balaban J connectivity index is 2.25. The van der Waals surface area contributed by atoms with Gasteiger partial charge in [-0.25, -0.2) is 0 Å². The van der Waals surface area contributed by atoms with Gasteiger partial charge in [0.1, 0.15) is 0 Å². The zero-order valence-electron chi connectivity index (χ0n) is 9.91. The predicted octanol–water partition coefficient (Wildman–Crippen LogP) is 4.90. The van der Waals surface area contributed by atoms with Crippen molar-refractivity contribution in [3.05, 3.63) is 62.5 Å². The lowest BCUT2D eigenvalue weighted by atomic mass is 10.1. The molecule has 2 aromatic carbocycles. The molecule has 0 aliphatic rings. The van der Waals surface area contributed by atoms with Crippen LogP contribution in [0, 0.1) is 0 Å². The highest BCUT2D eigenvalue weighted by Gasteiger charge is 2.13. The molecule has 0 aromatic heterocycles. The van der Waals surface area contributed by atoms with E-state index in [1.54, 1.807) is 6.07 Å². The highest BCUT2D eigenvalue weighted by atomic mass is 79.9. The largest absolute Gasteiger partial charge is 0.394 e. The van der Waals surface area contributed by atoms with Crippen molar-refractivity contribution in [1.82, 2.24) is 0 Å². The van der Waals surface area contributed by atoms with Gasteiger partial charge in [-0.05, 0) is 45.8 Å². The lowest BCUT2D eigenvalue weighted by molar-refractivity contribution is 0.276. The minimum absolute atomic E-state index is 0.0524. The Morgan fingerprint density at radius 3 is 2.47 bits per heavy atom. The predicted molar refractivity (Wildman–Crippen MR) is 84.1 cm³/mol. The number of aliphatic hydroxyl groups is 1. The molecule has 0 bridgehead atoms. The van der Waals surface area contributed by atoms with E-state index in [1.807, 2.05) is 36.4 Å². The van der Waals surface area contributed by atoms with Crippen molar-refractivity contribution in [2.24, 2.45) is 0 Å². The molecule has 1 atom stereocenters. The molecule has 2 nitrogen and oxygen atoms in total. The number of anilines is 1. The molecular weight excluding hydrogens is 349 g/mol. The molecule has 0 saturated heterocycles. The number of aliphatic hydroxyl groups excluding tert-OH is 1. The standard InChI is InChI=1S/C14H12BrCl2NO/c15-10-6-5-9(7-12(10)17)14(8-19)18-13-4-2-1-3-11(13)16/h1-7,14,18-19H,8H2. The molecule has 0 radical (unpaired) electrons. The molecule has 0 spiro atoms. The zero-order valence-corrected chi connectivity index (χ0v) is 13.0. The van der Waals surface area contributed by atoms with Crippen molar-refractivity contribution < 1.29 is 5.11 Å². The number of para-hydroxylation sites is 1. The summed E-state index contributed by atoms with van der Waals surface area (Å²) < 4.78 is 0.826. The number of rotatable bonds is 4. The van der Waals surface area contributed by atoms with Crippen LogP contribution >= 0.6 is 39.1 Å². The van der Waals surface area contributed by atoms with E-state index in [-0.39, 0.29) is 12.6 Å². The van der Waals surface area contributed by atoms with Gasteiger partial charge in [-0.1, -0.05) is 41.4 Å². The monoisotopic (exact) mass is 359 g/mol. The number of hydrogen-bond donors (Lipinski definition) is 2. The fourth-order valence-electron chi connectivity index (χ4n) is 1.73. The summed E-state index contributed by atoms with van der Waals surface area (Å²) in [5.74, 6) is 0. The molecule has 2 N–H and O–H groups in total. The molecule has 100 valence electrons. The van der Waals surface area contributed by atoms with E-state index in [1.165, 1.54) is 0 Å². The van der Waals surface area contributed by atoms with Crippen molar-refractivity contribution in [1.29, 1.82) is 0 Å². The minimum Gasteiger partial charge on any atom is -0.394 e. The number of nitrogens with one attached hydrogen (secondary N) is 1. The molecule has 0 saturated carbocycles. The summed E-state index contributed by atoms with van der Waals surface area (Å²) in [6.07, 6.45) is 0. The summed E-state index contributed by atoms with van der Waals surface area (Å²) in [5, 5.41) is 14.0. The first kappa shape index (κ1) is 14.7. The number of halogens is 3. The van der Waals surface area contributed by atoms with E-state index in [2.05, 4.69) is 21.2 Å². The summed E-state index contributed by atoms with van der Waals surface area (Å²) in [4.78, 5) is 0. The summed E-state index contributed by atoms with van der Waals surface area (Å²) >= 11 is 15.5. The third-order valence-electron chi connectivity index (χ3n) is 2.73. The lowest BCUT2D eigenvalue weighted by Crippen LogP contribution is -2.15. The van der Waals surface area contributed by atoms with Gasteiger partial charge in [0, 0.05) is 4.47 Å². The molecule has 0 fully saturated rings. The molecule has 2 rings (SSSR count). The third kappa shape index (κ3) is 3.63. The highest BCUT2D eigenvalue weighted by Crippen LogP contribution is 2.29. The summed E-state index contributed by atoms with van der Waals surface area (Å²) in [6.45, 7) is -0.0524. The Bertz CT molecular complexity index is 577. The quantitative estimate of drug-likeness (QED) is 0.812. The maximum absolute atomic E-state index is 9.53. The summed E-state index contributed by atoms with van der Waals surface area (Å²) in [6, 6.07) is 12.7. The normalized spacial score (nSPS) is 12.2. The maximum Gasteiger partial charge on any atom is 0.0746 e. The highest BCUT2D eigenvalue weighted by molar-refractivity contribution is 9.10. The van der Waals surface area contributed by atoms with Gasteiger partial charge < -0.3 is 10.4 Å². The Morgan fingerprint density at radius 2 is 1.84 bits per heavy atom. The molecule has 0 aliphatic carbocycles. The van der Waals surface area contributed by atoms with Gasteiger partial charge in [0.2, 0.25) is 0 Å². The SMILES string of the molecule is OCC(Nc1ccccc1Cl)c1ccc(Br)c(Cl)c1. The van der Waals surface area contributed by atoms with Gasteiger partial charge in [0.15, 0.2) is 0 Å². The topological polar surface area (TPSA) is 32.3 Å². The van der Waals surface area contributed by atoms with Crippen LogP contribution in [0.25, 0.3) is 0 Å². The van der Waals surface area contributed by atoms with E-state index in [4.69, 9.17) is 23.2 Å². The second kappa shape index (κ2) is 6.62. The van der Waals surface area contributed by atoms with Gasteiger partial charge in [-0.3, -0.25) is 0 Å². The second-order valence-electron chi connectivity index (χ2n) is 4.03. The van der Waals surface area contributed by atoms with E-state index in [9.17, 15) is 5.11 Å². The Hall–Kier alpha value is -0.740. The van der Waals surface area contributed by atoms with Crippen molar-refractivity contribution >= 4 is 44.8 Å². The Kier molecular flexibility index (Phi) is 5.11. The van der Waals surface area contributed by atoms with E-state index in [0.29, 0.717) is 10.0 Å². The Labute approximate surface area is 130 Å². The van der Waals surface area contributed by atoms with Crippen LogP contribution in [0.3, 0.4) is 0 Å². The van der Waals surface area contributed by atoms with Crippen LogP contribution in [0.15, 0.2) is 46.9 Å². The van der Waals surface area contributed by atoms with Crippen LogP contribution in [-0.2, 0) is 0 Å². The van der Waals surface area contributed by atoms with Gasteiger partial charge in [-0.2, -0.15) is 0 Å². The van der Waals surface area contributed by atoms with Crippen LogP contribution in [0.2, 0.25) is 10.0 Å². The lowest BCUT2D eigenvalue weighted by Gasteiger charge is -2.19. The van der Waals surface area contributed by atoms with Gasteiger partial charge >= 0.3 is 0 Å². The van der Waals surface area contributed by atoms with Gasteiger partial charge in [0.05, 0.1) is 28.4 Å². The summed E-state index contributed by atoms with van der Waals surface area (Å²) in [7, 11) is 0. The molecule has 1 unspecified atom stereocenters. The van der Waals surface area contributed by atoms with Crippen molar-refractivity contribution in [2.45, 2.75) is 6.04 Å². The van der Waals surface area contributed by atoms with E-state index in [0.717, 1.165) is 15.7 Å². The molecule has 2 aromatic rings. The van der Waals surface area contributed by atoms with Crippen LogP contribution in [-0.4, -0.2) is 11.7 Å². The zero-order chi connectivity index (χ0) is 13.8. The first-order valence-corrected chi connectivity index (χ1v) is 7.23. The molecule has 0 heterocycles. The third-order valence-corrected chi connectivity index (χ3v) is 4.29. The van der Waals surface area contributed by atoms with Crippen LogP contribution in [0.1, 0.15) is 11.6 Å². The second-order valence-corrected chi connectivity index (χ2v) is 5.70. The van der Waals surface area contributed by atoms with Crippen LogP contribution in [0.4, 0.5) is 5.69 Å². The molecule has 0 aliphatic heterocycles. The fourth-order valence-corrected chi connectivity index (χ4v) is 2.36. The smallest absolute Gasteiger partial charge is 0.0746 e.